The van der Waals surface area contributed by atoms with Gasteiger partial charge in [-0.25, -0.2) is 4.98 Å². The summed E-state index contributed by atoms with van der Waals surface area (Å²) in [6.45, 7) is 3.12. The molecule has 2 aromatic carbocycles. The Kier molecular flexibility index (Phi) is 7.84. The van der Waals surface area contributed by atoms with Gasteiger partial charge in [0.25, 0.3) is 0 Å². The van der Waals surface area contributed by atoms with Crippen molar-refractivity contribution in [1.29, 1.82) is 0 Å². The molecule has 7 nitrogen and oxygen atoms in total. The molecule has 0 aliphatic heterocycles. The van der Waals surface area contributed by atoms with E-state index in [-0.39, 0.29) is 19.8 Å². The van der Waals surface area contributed by atoms with Gasteiger partial charge in [-0.05, 0) is 43.3 Å². The fraction of sp³-hybridized carbons (Fsp3) is 0.348. The minimum atomic E-state index is -0.674. The van der Waals surface area contributed by atoms with Gasteiger partial charge in [0.05, 0.1) is 50.7 Å². The molecule has 3 rings (SSSR count). The highest BCUT2D eigenvalue weighted by Crippen LogP contribution is 2.37. The molecule has 1 atom stereocenters. The second kappa shape index (κ2) is 10.8. The zero-order valence-electron chi connectivity index (χ0n) is 17.3. The third kappa shape index (κ3) is 5.18. The Labute approximate surface area is 176 Å². The van der Waals surface area contributed by atoms with Crippen molar-refractivity contribution >= 4 is 0 Å². The number of methoxy groups -OCH3 is 1. The molecular formula is C23H28N2O5. The quantitative estimate of drug-likeness (QED) is 0.504. The predicted octanol–water partition coefficient (Wildman–Crippen LogP) is 2.99. The monoisotopic (exact) mass is 412 g/mol. The van der Waals surface area contributed by atoms with Crippen LogP contribution >= 0.6 is 0 Å². The Morgan fingerprint density at radius 2 is 1.87 bits per heavy atom. The summed E-state index contributed by atoms with van der Waals surface area (Å²) in [6.07, 6.45) is 1.04. The zero-order valence-corrected chi connectivity index (χ0v) is 17.3. The lowest BCUT2D eigenvalue weighted by molar-refractivity contribution is 0.0337. The van der Waals surface area contributed by atoms with Crippen LogP contribution in [0.1, 0.15) is 6.92 Å². The fourth-order valence-corrected chi connectivity index (χ4v) is 3.24. The molecule has 3 aromatic rings. The highest BCUT2D eigenvalue weighted by atomic mass is 16.5. The Balaban J connectivity index is 2.06. The van der Waals surface area contributed by atoms with Gasteiger partial charge in [-0.3, -0.25) is 0 Å². The van der Waals surface area contributed by atoms with Crippen LogP contribution < -0.4 is 9.47 Å². The van der Waals surface area contributed by atoms with Crippen LogP contribution in [0, 0.1) is 0 Å². The summed E-state index contributed by atoms with van der Waals surface area (Å²) in [6, 6.07) is 15.3. The van der Waals surface area contributed by atoms with E-state index in [9.17, 15) is 10.2 Å². The van der Waals surface area contributed by atoms with Crippen molar-refractivity contribution in [2.45, 2.75) is 19.6 Å². The average Bonchev–Trinajstić information content (AvgIpc) is 3.19. The summed E-state index contributed by atoms with van der Waals surface area (Å²) in [5, 5.41) is 19.6. The average molecular weight is 412 g/mol. The molecule has 7 heteroatoms. The number of ether oxygens (including phenoxy) is 3. The molecule has 0 fully saturated rings. The number of aliphatic hydroxyl groups excluding tert-OH is 2. The molecule has 160 valence electrons. The normalized spacial score (nSPS) is 12.0. The lowest BCUT2D eigenvalue weighted by atomic mass is 10.0. The molecule has 2 N–H and O–H groups in total. The highest BCUT2D eigenvalue weighted by Gasteiger charge is 2.20. The maximum absolute atomic E-state index is 10.4. The van der Waals surface area contributed by atoms with E-state index in [1.807, 2.05) is 60.0 Å². The minimum absolute atomic E-state index is 0.0774. The molecule has 0 aliphatic carbocycles. The van der Waals surface area contributed by atoms with E-state index in [1.165, 1.54) is 0 Å². The number of rotatable bonds is 11. The molecule has 0 aliphatic rings. The second-order valence-electron chi connectivity index (χ2n) is 6.70. The summed E-state index contributed by atoms with van der Waals surface area (Å²) in [5.41, 5.74) is 3.34. The summed E-state index contributed by atoms with van der Waals surface area (Å²) >= 11 is 0. The Bertz CT molecular complexity index is 924. The van der Waals surface area contributed by atoms with Crippen LogP contribution in [0.3, 0.4) is 0 Å². The van der Waals surface area contributed by atoms with Gasteiger partial charge in [0.1, 0.15) is 18.1 Å². The van der Waals surface area contributed by atoms with E-state index in [0.717, 1.165) is 28.3 Å². The first kappa shape index (κ1) is 21.8. The third-order valence-electron chi connectivity index (χ3n) is 4.61. The Morgan fingerprint density at radius 1 is 1.10 bits per heavy atom. The van der Waals surface area contributed by atoms with Crippen molar-refractivity contribution in [3.05, 3.63) is 54.9 Å². The molecule has 30 heavy (non-hydrogen) atoms. The maximum Gasteiger partial charge on any atom is 0.128 e. The predicted molar refractivity (Wildman–Crippen MR) is 115 cm³/mol. The van der Waals surface area contributed by atoms with Crippen LogP contribution in [0.25, 0.3) is 22.5 Å². The molecule has 0 amide bonds. The van der Waals surface area contributed by atoms with Crippen LogP contribution in [0.15, 0.2) is 54.9 Å². The maximum atomic E-state index is 10.4. The van der Waals surface area contributed by atoms with Crippen molar-refractivity contribution in [1.82, 2.24) is 9.55 Å². The van der Waals surface area contributed by atoms with Gasteiger partial charge in [0.15, 0.2) is 0 Å². The van der Waals surface area contributed by atoms with Crippen LogP contribution in [-0.2, 0) is 11.3 Å². The zero-order chi connectivity index (χ0) is 21.3. The van der Waals surface area contributed by atoms with Gasteiger partial charge in [-0.2, -0.15) is 0 Å². The molecule has 1 heterocycles. The van der Waals surface area contributed by atoms with Crippen molar-refractivity contribution in [3.8, 4) is 34.0 Å². The minimum Gasteiger partial charge on any atom is -0.497 e. The number of nitrogens with zero attached hydrogens (tertiary/aromatic N) is 2. The molecule has 1 aromatic heterocycles. The van der Waals surface area contributed by atoms with E-state index < -0.39 is 6.10 Å². The number of aromatic nitrogens is 2. The van der Waals surface area contributed by atoms with E-state index in [4.69, 9.17) is 14.2 Å². The van der Waals surface area contributed by atoms with E-state index in [0.29, 0.717) is 18.9 Å². The van der Waals surface area contributed by atoms with Gasteiger partial charge in [-0.15, -0.1) is 0 Å². The number of hydrogen-bond acceptors (Lipinski definition) is 6. The number of imidazole rings is 1. The van der Waals surface area contributed by atoms with Gasteiger partial charge in [-0.1, -0.05) is 12.1 Å². The lowest BCUT2D eigenvalue weighted by Crippen LogP contribution is -2.22. The standard InChI is InChI=1S/C23H28N2O5/c1-3-29-15-18(27)14-25-16-24-22(17-8-10-19(28-2)11-9-17)23(25)20-6-4-5-7-21(20)30-13-12-26/h4-11,16,18,26-27H,3,12-15H2,1-2H3. The van der Waals surface area contributed by atoms with E-state index >= 15 is 0 Å². The largest absolute Gasteiger partial charge is 0.497 e. The Hall–Kier alpha value is -2.87. The number of hydrogen-bond donors (Lipinski definition) is 2. The van der Waals surface area contributed by atoms with E-state index in [2.05, 4.69) is 4.98 Å². The van der Waals surface area contributed by atoms with Crippen LogP contribution in [0.4, 0.5) is 0 Å². The van der Waals surface area contributed by atoms with E-state index in [1.54, 1.807) is 13.4 Å². The first-order valence-corrected chi connectivity index (χ1v) is 9.96. The molecule has 0 saturated carbocycles. The molecule has 0 bridgehead atoms. The topological polar surface area (TPSA) is 86.0 Å². The fourth-order valence-electron chi connectivity index (χ4n) is 3.24. The van der Waals surface area contributed by atoms with Crippen LogP contribution in [0.2, 0.25) is 0 Å². The molecule has 1 unspecified atom stereocenters. The SMILES string of the molecule is CCOCC(O)Cn1cnc(-c2ccc(OC)cc2)c1-c1ccccc1OCCO. The lowest BCUT2D eigenvalue weighted by Gasteiger charge is -2.17. The first-order chi connectivity index (χ1) is 14.7. The second-order valence-corrected chi connectivity index (χ2v) is 6.70. The van der Waals surface area contributed by atoms with Gasteiger partial charge in [0, 0.05) is 17.7 Å². The van der Waals surface area contributed by atoms with Crippen LogP contribution in [0.5, 0.6) is 11.5 Å². The van der Waals surface area contributed by atoms with Gasteiger partial charge < -0.3 is 29.0 Å². The van der Waals surface area contributed by atoms with Crippen molar-refractivity contribution in [3.63, 3.8) is 0 Å². The molecule has 0 radical (unpaired) electrons. The summed E-state index contributed by atoms with van der Waals surface area (Å²) in [4.78, 5) is 4.64. The molecular weight excluding hydrogens is 384 g/mol. The number of para-hydroxylation sites is 1. The third-order valence-corrected chi connectivity index (χ3v) is 4.61. The first-order valence-electron chi connectivity index (χ1n) is 9.96. The molecule has 0 saturated heterocycles. The van der Waals surface area contributed by atoms with Crippen molar-refractivity contribution < 1.29 is 24.4 Å². The highest BCUT2D eigenvalue weighted by molar-refractivity contribution is 5.82. The summed E-state index contributed by atoms with van der Waals surface area (Å²) < 4.78 is 18.3. The van der Waals surface area contributed by atoms with Crippen molar-refractivity contribution in [2.24, 2.45) is 0 Å². The van der Waals surface area contributed by atoms with Gasteiger partial charge in [0.2, 0.25) is 0 Å². The van der Waals surface area contributed by atoms with Crippen LogP contribution in [-0.4, -0.2) is 59.4 Å². The van der Waals surface area contributed by atoms with Crippen molar-refractivity contribution in [2.75, 3.05) is 33.5 Å². The van der Waals surface area contributed by atoms with Gasteiger partial charge >= 0.3 is 0 Å². The molecule has 0 spiro atoms. The Morgan fingerprint density at radius 3 is 2.57 bits per heavy atom. The number of aliphatic hydroxyl groups is 2. The summed E-state index contributed by atoms with van der Waals surface area (Å²) in [7, 11) is 1.63. The number of benzene rings is 2. The summed E-state index contributed by atoms with van der Waals surface area (Å²) in [5.74, 6) is 1.40. The smallest absolute Gasteiger partial charge is 0.128 e.